The predicted molar refractivity (Wildman–Crippen MR) is 160 cm³/mol. The molecule has 1 aliphatic heterocycles. The monoisotopic (exact) mass is 567 g/mol. The number of nitrogens with one attached hydrogen (secondary N) is 1. The number of carbonyl (C=O) groups excluding carboxylic acids is 1. The fraction of sp³-hybridized carbons (Fsp3) is 0.125. The second-order valence-corrected chi connectivity index (χ2v) is 11.9. The summed E-state index contributed by atoms with van der Waals surface area (Å²) in [4.78, 5) is 18.0. The summed E-state index contributed by atoms with van der Waals surface area (Å²) in [6.45, 7) is 0. The summed E-state index contributed by atoms with van der Waals surface area (Å²) in [5.74, 6) is -0.541. The number of aliphatic imine (C=N–C) groups is 1. The van der Waals surface area contributed by atoms with Crippen LogP contribution < -0.4 is 9.62 Å². The van der Waals surface area contributed by atoms with E-state index in [1.807, 2.05) is 48.5 Å². The number of sulfonamides is 1. The van der Waals surface area contributed by atoms with Crippen molar-refractivity contribution in [3.63, 3.8) is 0 Å². The molecule has 0 fully saturated rings. The zero-order valence-electron chi connectivity index (χ0n) is 22.6. The summed E-state index contributed by atoms with van der Waals surface area (Å²) in [5, 5.41) is 3.16. The molecule has 0 radical (unpaired) electrons. The molecule has 0 aliphatic carbocycles. The van der Waals surface area contributed by atoms with Gasteiger partial charge in [0.1, 0.15) is 17.2 Å². The van der Waals surface area contributed by atoms with Gasteiger partial charge in [0.05, 0.1) is 28.9 Å². The van der Waals surface area contributed by atoms with Crippen LogP contribution in [0.4, 0.5) is 15.8 Å². The summed E-state index contributed by atoms with van der Waals surface area (Å²) in [5.41, 5.74) is 6.70. The molecular weight excluding hydrogens is 541 g/mol. The molecule has 6 rings (SSSR count). The number of halogens is 1. The molecular formula is C32H26FN3O4S. The highest BCUT2D eigenvalue weighted by molar-refractivity contribution is 7.92. The molecule has 1 aliphatic rings. The van der Waals surface area contributed by atoms with E-state index in [2.05, 4.69) is 5.32 Å². The van der Waals surface area contributed by atoms with E-state index in [1.165, 1.54) is 42.7 Å². The van der Waals surface area contributed by atoms with Crippen molar-refractivity contribution in [2.24, 2.45) is 4.99 Å². The van der Waals surface area contributed by atoms with Gasteiger partial charge in [-0.3, -0.25) is 14.1 Å². The van der Waals surface area contributed by atoms with E-state index in [1.54, 1.807) is 12.1 Å². The van der Waals surface area contributed by atoms with Crippen molar-refractivity contribution in [2.75, 3.05) is 24.7 Å². The van der Waals surface area contributed by atoms with Gasteiger partial charge in [-0.2, -0.15) is 0 Å². The lowest BCUT2D eigenvalue weighted by Crippen LogP contribution is -2.25. The van der Waals surface area contributed by atoms with Gasteiger partial charge in [0.25, 0.3) is 5.91 Å². The zero-order chi connectivity index (χ0) is 28.9. The third-order valence-corrected chi connectivity index (χ3v) is 8.51. The maximum Gasteiger partial charge on any atom is 0.255 e. The van der Waals surface area contributed by atoms with Gasteiger partial charge in [-0.15, -0.1) is 0 Å². The van der Waals surface area contributed by atoms with E-state index >= 15 is 0 Å². The summed E-state index contributed by atoms with van der Waals surface area (Å²) in [6.07, 6.45) is 1.82. The lowest BCUT2D eigenvalue weighted by atomic mass is 9.96. The number of hydrogen-bond donors (Lipinski definition) is 1. The van der Waals surface area contributed by atoms with Crippen LogP contribution in [0.1, 0.15) is 21.5 Å². The van der Waals surface area contributed by atoms with Crippen molar-refractivity contribution < 1.29 is 22.0 Å². The second-order valence-electron chi connectivity index (χ2n) is 9.93. The second kappa shape index (κ2) is 10.0. The van der Waals surface area contributed by atoms with Crippen molar-refractivity contribution in [3.05, 3.63) is 107 Å². The van der Waals surface area contributed by atoms with Crippen LogP contribution in [0.2, 0.25) is 0 Å². The average molecular weight is 568 g/mol. The Morgan fingerprint density at radius 1 is 0.951 bits per heavy atom. The predicted octanol–water partition coefficient (Wildman–Crippen LogP) is 6.34. The van der Waals surface area contributed by atoms with Gasteiger partial charge in [-0.25, -0.2) is 12.8 Å². The van der Waals surface area contributed by atoms with Crippen LogP contribution in [0, 0.1) is 5.82 Å². The molecule has 41 heavy (non-hydrogen) atoms. The molecule has 206 valence electrons. The molecule has 1 amide bonds. The van der Waals surface area contributed by atoms with Crippen LogP contribution in [0.15, 0.2) is 94.3 Å². The summed E-state index contributed by atoms with van der Waals surface area (Å²) in [6, 6.07) is 24.9. The number of anilines is 1. The molecule has 0 saturated carbocycles. The van der Waals surface area contributed by atoms with E-state index < -0.39 is 15.8 Å². The minimum atomic E-state index is -3.65. The lowest BCUT2D eigenvalue weighted by molar-refractivity contribution is 0.0964. The van der Waals surface area contributed by atoms with E-state index in [-0.39, 0.29) is 17.2 Å². The maximum absolute atomic E-state index is 13.7. The lowest BCUT2D eigenvalue weighted by Gasteiger charge is -2.21. The molecule has 1 aromatic heterocycles. The number of furan rings is 1. The van der Waals surface area contributed by atoms with Gasteiger partial charge < -0.3 is 9.73 Å². The molecule has 0 saturated heterocycles. The first-order chi connectivity index (χ1) is 19.6. The Morgan fingerprint density at radius 2 is 1.66 bits per heavy atom. The third kappa shape index (κ3) is 4.78. The Kier molecular flexibility index (Phi) is 6.46. The number of benzene rings is 4. The van der Waals surface area contributed by atoms with E-state index in [0.29, 0.717) is 34.2 Å². The van der Waals surface area contributed by atoms with Crippen molar-refractivity contribution in [2.45, 2.75) is 6.42 Å². The molecule has 0 bridgehead atoms. The minimum absolute atomic E-state index is 0.260. The summed E-state index contributed by atoms with van der Waals surface area (Å²) >= 11 is 0. The van der Waals surface area contributed by atoms with Gasteiger partial charge in [0.15, 0.2) is 0 Å². The van der Waals surface area contributed by atoms with Crippen molar-refractivity contribution >= 4 is 44.0 Å². The first kappa shape index (κ1) is 26.5. The van der Waals surface area contributed by atoms with Gasteiger partial charge >= 0.3 is 0 Å². The normalized spacial score (nSPS) is 12.7. The van der Waals surface area contributed by atoms with Crippen LogP contribution in [-0.4, -0.2) is 40.4 Å². The van der Waals surface area contributed by atoms with Gasteiger partial charge in [0.2, 0.25) is 10.0 Å². The Morgan fingerprint density at radius 3 is 2.34 bits per heavy atom. The first-order valence-corrected chi connectivity index (χ1v) is 14.8. The molecule has 9 heteroatoms. The molecule has 0 atom stereocenters. The molecule has 5 aromatic rings. The molecule has 2 heterocycles. The molecule has 4 aromatic carbocycles. The van der Waals surface area contributed by atoms with E-state index in [0.717, 1.165) is 34.3 Å². The first-order valence-electron chi connectivity index (χ1n) is 12.9. The van der Waals surface area contributed by atoms with Gasteiger partial charge in [-0.05, 0) is 53.1 Å². The number of carbonyl (C=O) groups is 1. The molecule has 0 spiro atoms. The van der Waals surface area contributed by atoms with Crippen LogP contribution in [0.25, 0.3) is 33.4 Å². The summed E-state index contributed by atoms with van der Waals surface area (Å²) in [7, 11) is -0.656. The Labute approximate surface area is 237 Å². The van der Waals surface area contributed by atoms with E-state index in [9.17, 15) is 17.6 Å². The Bertz CT molecular complexity index is 1960. The van der Waals surface area contributed by atoms with Crippen LogP contribution in [0.3, 0.4) is 0 Å². The highest BCUT2D eigenvalue weighted by Crippen LogP contribution is 2.43. The molecule has 0 unspecified atom stereocenters. The highest BCUT2D eigenvalue weighted by Gasteiger charge is 2.26. The van der Waals surface area contributed by atoms with Crippen LogP contribution >= 0.6 is 0 Å². The maximum atomic E-state index is 13.7. The average Bonchev–Trinajstić information content (AvgIpc) is 3.57. The highest BCUT2D eigenvalue weighted by atomic mass is 32.2. The number of fused-ring (bicyclic) bond motifs is 2. The standard InChI is InChI=1S/C32H26FN3O4S/c1-34-32(37)30-25-17-24(21-9-10-22-16-26(35-27(22)15-21)19-7-5-4-6-8-19)28(36(2)41(3,38)39)18-29(25)40-31(30)20-11-13-23(33)14-12-20/h4-15,17-18H,16H2,1-3H3,(H,34,37). The zero-order valence-corrected chi connectivity index (χ0v) is 23.4. The fourth-order valence-electron chi connectivity index (χ4n) is 5.10. The third-order valence-electron chi connectivity index (χ3n) is 7.32. The number of amides is 1. The van der Waals surface area contributed by atoms with Gasteiger partial charge in [-0.1, -0.05) is 42.5 Å². The largest absolute Gasteiger partial charge is 0.455 e. The van der Waals surface area contributed by atoms with Crippen molar-refractivity contribution in [3.8, 4) is 22.5 Å². The van der Waals surface area contributed by atoms with Crippen molar-refractivity contribution in [1.29, 1.82) is 0 Å². The summed E-state index contributed by atoms with van der Waals surface area (Å²) < 4.78 is 46.4. The smallest absolute Gasteiger partial charge is 0.255 e. The van der Waals surface area contributed by atoms with Gasteiger partial charge in [0, 0.05) is 43.1 Å². The van der Waals surface area contributed by atoms with Crippen molar-refractivity contribution in [1.82, 2.24) is 5.32 Å². The number of nitrogens with zero attached hydrogens (tertiary/aromatic N) is 2. The van der Waals surface area contributed by atoms with Crippen LogP contribution in [0.5, 0.6) is 0 Å². The Balaban J connectivity index is 1.58. The topological polar surface area (TPSA) is 92.0 Å². The number of hydrogen-bond acceptors (Lipinski definition) is 5. The number of rotatable bonds is 6. The SMILES string of the molecule is CNC(=O)c1c(-c2ccc(F)cc2)oc2cc(N(C)S(C)(=O)=O)c(-c3ccc4c(c3)N=C(c3ccccc3)C4)cc12. The quantitative estimate of drug-likeness (QED) is 0.259. The fourth-order valence-corrected chi connectivity index (χ4v) is 5.61. The molecule has 1 N–H and O–H groups in total. The van der Waals surface area contributed by atoms with Crippen LogP contribution in [-0.2, 0) is 16.4 Å². The minimum Gasteiger partial charge on any atom is -0.455 e. The molecule has 7 nitrogen and oxygen atoms in total. The van der Waals surface area contributed by atoms with E-state index in [4.69, 9.17) is 9.41 Å². The Hall–Kier alpha value is -4.76.